The van der Waals surface area contributed by atoms with E-state index in [-0.39, 0.29) is 17.5 Å². The zero-order valence-corrected chi connectivity index (χ0v) is 21.4. The number of rotatable bonds is 9. The molecule has 1 amide bonds. The predicted molar refractivity (Wildman–Crippen MR) is 131 cm³/mol. The maximum Gasteiger partial charge on any atom is 0.461 e. The number of carbonyl (C=O) groups excluding carboxylic acids is 1. The molecule has 0 radical (unpaired) electrons. The second-order valence-corrected chi connectivity index (χ2v) is 9.20. The molecule has 0 unspecified atom stereocenters. The lowest BCUT2D eigenvalue weighted by atomic mass is 9.77. The number of halogens is 9. The highest BCUT2D eigenvalue weighted by molar-refractivity contribution is 5.96. The quantitative estimate of drug-likeness (QED) is 0.213. The minimum absolute atomic E-state index is 0.0179. The molecular weight excluding hydrogens is 581 g/mol. The van der Waals surface area contributed by atoms with Gasteiger partial charge in [0, 0.05) is 19.5 Å². The normalized spacial score (nSPS) is 13.6. The zero-order chi connectivity index (χ0) is 30.9. The summed E-state index contributed by atoms with van der Waals surface area (Å²) in [5, 5.41) is 5.95. The number of nitrogens with zero attached hydrogens (tertiary/aromatic N) is 2. The van der Waals surface area contributed by atoms with E-state index in [0.29, 0.717) is 22.5 Å². The number of benzene rings is 3. The van der Waals surface area contributed by atoms with Gasteiger partial charge in [-0.1, -0.05) is 42.5 Å². The molecule has 3 aromatic carbocycles. The standard InChI is InChI=1S/C28H20F9N3O2/c1-40-23(27(33,34)35)22(15-38-40)24(41)39-26(14-16-5-3-2-4-6-16,17-7-9-19(29)10-8-17)18-11-20(30)13-21(12-18)42-28(36,37)25(31)32/h2-13,15,25H,14H2,1H3,(H,39,41)/t26-/m1/s1. The van der Waals surface area contributed by atoms with Crippen LogP contribution in [-0.2, 0) is 25.2 Å². The Hall–Kier alpha value is -4.49. The summed E-state index contributed by atoms with van der Waals surface area (Å²) in [5.41, 5.74) is -4.44. The van der Waals surface area contributed by atoms with E-state index >= 15 is 0 Å². The molecule has 0 fully saturated rings. The average Bonchev–Trinajstić information content (AvgIpc) is 3.31. The van der Waals surface area contributed by atoms with Gasteiger partial charge in [0.05, 0.1) is 17.3 Å². The molecule has 14 heteroatoms. The smallest absolute Gasteiger partial charge is 0.428 e. The Morgan fingerprint density at radius 1 is 0.905 bits per heavy atom. The molecule has 0 saturated carbocycles. The summed E-state index contributed by atoms with van der Waals surface area (Å²) in [5.74, 6) is -4.44. The van der Waals surface area contributed by atoms with Crippen LogP contribution in [0.5, 0.6) is 5.75 Å². The number of hydrogen-bond donors (Lipinski definition) is 1. The van der Waals surface area contributed by atoms with Gasteiger partial charge in [-0.3, -0.25) is 9.48 Å². The fourth-order valence-electron chi connectivity index (χ4n) is 4.47. The Labute approximate surface area is 232 Å². The van der Waals surface area contributed by atoms with Gasteiger partial charge in [0.15, 0.2) is 5.69 Å². The largest absolute Gasteiger partial charge is 0.461 e. The summed E-state index contributed by atoms with van der Waals surface area (Å²) in [6.07, 6.45) is -14.1. The van der Waals surface area contributed by atoms with Crippen molar-refractivity contribution in [3.63, 3.8) is 0 Å². The van der Waals surface area contributed by atoms with Gasteiger partial charge in [-0.15, -0.1) is 0 Å². The second-order valence-electron chi connectivity index (χ2n) is 9.20. The summed E-state index contributed by atoms with van der Waals surface area (Å²) in [6, 6.07) is 14.0. The van der Waals surface area contributed by atoms with E-state index in [4.69, 9.17) is 0 Å². The third-order valence-electron chi connectivity index (χ3n) is 6.30. The Bertz CT molecular complexity index is 1560. The molecule has 0 aliphatic heterocycles. The average molecular weight is 601 g/mol. The van der Waals surface area contributed by atoms with E-state index in [9.17, 15) is 44.3 Å². The molecule has 0 aliphatic rings. The van der Waals surface area contributed by atoms with E-state index in [1.807, 2.05) is 0 Å². The van der Waals surface area contributed by atoms with Gasteiger partial charge in [0.1, 0.15) is 17.4 Å². The fourth-order valence-corrected chi connectivity index (χ4v) is 4.47. The first kappa shape index (κ1) is 30.5. The van der Waals surface area contributed by atoms with E-state index in [1.165, 1.54) is 0 Å². The third kappa shape index (κ3) is 6.37. The minimum atomic E-state index is -5.04. The second kappa shape index (κ2) is 11.4. The molecule has 1 heterocycles. The van der Waals surface area contributed by atoms with Gasteiger partial charge in [0.2, 0.25) is 0 Å². The van der Waals surface area contributed by atoms with E-state index in [1.54, 1.807) is 30.3 Å². The highest BCUT2D eigenvalue weighted by Gasteiger charge is 2.45. The van der Waals surface area contributed by atoms with E-state index < -0.39 is 58.8 Å². The predicted octanol–water partition coefficient (Wildman–Crippen LogP) is 6.87. The van der Waals surface area contributed by atoms with Gasteiger partial charge in [-0.05, 0) is 41.0 Å². The molecule has 0 saturated heterocycles. The van der Waals surface area contributed by atoms with Crippen molar-refractivity contribution in [2.24, 2.45) is 7.05 Å². The molecule has 0 aliphatic carbocycles. The number of aromatic nitrogens is 2. The molecule has 1 N–H and O–H groups in total. The van der Waals surface area contributed by atoms with Crippen LogP contribution in [0.15, 0.2) is 79.0 Å². The first-order chi connectivity index (χ1) is 19.6. The molecular formula is C28H20F9N3O2. The summed E-state index contributed by atoms with van der Waals surface area (Å²) in [7, 11) is 0.955. The minimum Gasteiger partial charge on any atom is -0.428 e. The summed E-state index contributed by atoms with van der Waals surface area (Å²) in [6.45, 7) is 0. The maximum atomic E-state index is 14.9. The number of carbonyl (C=O) groups is 1. The highest BCUT2D eigenvalue weighted by Crippen LogP contribution is 2.39. The highest BCUT2D eigenvalue weighted by atomic mass is 19.4. The number of ether oxygens (including phenoxy) is 1. The SMILES string of the molecule is Cn1ncc(C(=O)N[C@](Cc2ccccc2)(c2ccc(F)cc2)c2cc(F)cc(OC(F)(F)C(F)F)c2)c1C(F)(F)F. The van der Waals surface area contributed by atoms with Crippen LogP contribution in [0.25, 0.3) is 0 Å². The topological polar surface area (TPSA) is 56.2 Å². The van der Waals surface area contributed by atoms with E-state index in [0.717, 1.165) is 43.4 Å². The third-order valence-corrected chi connectivity index (χ3v) is 6.30. The van der Waals surface area contributed by atoms with Crippen molar-refractivity contribution in [2.75, 3.05) is 0 Å². The first-order valence-corrected chi connectivity index (χ1v) is 12.0. The maximum absolute atomic E-state index is 14.9. The van der Waals surface area contributed by atoms with Crippen LogP contribution in [0, 0.1) is 11.6 Å². The van der Waals surface area contributed by atoms with Crippen molar-refractivity contribution in [2.45, 2.75) is 30.7 Å². The van der Waals surface area contributed by atoms with Crippen molar-refractivity contribution in [3.8, 4) is 5.75 Å². The van der Waals surface area contributed by atoms with Gasteiger partial charge < -0.3 is 10.1 Å². The molecule has 1 atom stereocenters. The number of hydrogen-bond acceptors (Lipinski definition) is 3. The van der Waals surface area contributed by atoms with Crippen LogP contribution in [0.4, 0.5) is 39.5 Å². The Morgan fingerprint density at radius 2 is 1.55 bits per heavy atom. The van der Waals surface area contributed by atoms with Crippen molar-refractivity contribution < 1.29 is 49.0 Å². The monoisotopic (exact) mass is 601 g/mol. The van der Waals surface area contributed by atoms with Crippen LogP contribution < -0.4 is 10.1 Å². The van der Waals surface area contributed by atoms with Crippen molar-refractivity contribution >= 4 is 5.91 Å². The zero-order valence-electron chi connectivity index (χ0n) is 21.4. The van der Waals surface area contributed by atoms with Crippen molar-refractivity contribution in [3.05, 3.63) is 119 Å². The Morgan fingerprint density at radius 3 is 2.14 bits per heavy atom. The molecule has 4 aromatic rings. The summed E-state index contributed by atoms with van der Waals surface area (Å²) >= 11 is 0. The summed E-state index contributed by atoms with van der Waals surface area (Å²) in [4.78, 5) is 13.6. The number of amides is 1. The first-order valence-electron chi connectivity index (χ1n) is 12.0. The number of aryl methyl sites for hydroxylation is 1. The molecule has 4 rings (SSSR count). The lowest BCUT2D eigenvalue weighted by molar-refractivity contribution is -0.253. The lowest BCUT2D eigenvalue weighted by Gasteiger charge is -2.37. The molecule has 0 bridgehead atoms. The molecule has 42 heavy (non-hydrogen) atoms. The van der Waals surface area contributed by atoms with Crippen molar-refractivity contribution in [1.82, 2.24) is 15.1 Å². The van der Waals surface area contributed by atoms with Gasteiger partial charge in [-0.25, -0.2) is 8.78 Å². The van der Waals surface area contributed by atoms with Crippen LogP contribution in [0.2, 0.25) is 0 Å². The Kier molecular flexibility index (Phi) is 8.28. The fraction of sp³-hybridized carbons (Fsp3) is 0.214. The molecule has 222 valence electrons. The van der Waals surface area contributed by atoms with Gasteiger partial charge >= 0.3 is 18.7 Å². The molecule has 1 aromatic heterocycles. The molecule has 0 spiro atoms. The molecule has 5 nitrogen and oxygen atoms in total. The Balaban J connectivity index is 1.97. The van der Waals surface area contributed by atoms with Crippen LogP contribution >= 0.6 is 0 Å². The lowest BCUT2D eigenvalue weighted by Crippen LogP contribution is -2.49. The van der Waals surface area contributed by atoms with Crippen LogP contribution in [-0.4, -0.2) is 28.2 Å². The number of nitrogens with one attached hydrogen (secondary N) is 1. The number of alkyl halides is 7. The van der Waals surface area contributed by atoms with Gasteiger partial charge in [0.25, 0.3) is 5.91 Å². The van der Waals surface area contributed by atoms with Crippen LogP contribution in [0.1, 0.15) is 32.7 Å². The van der Waals surface area contributed by atoms with E-state index in [2.05, 4.69) is 15.2 Å². The summed E-state index contributed by atoms with van der Waals surface area (Å²) < 4.78 is 128. The van der Waals surface area contributed by atoms with Gasteiger partial charge in [-0.2, -0.15) is 35.8 Å². The van der Waals surface area contributed by atoms with Crippen LogP contribution in [0.3, 0.4) is 0 Å². The van der Waals surface area contributed by atoms with Crippen molar-refractivity contribution in [1.29, 1.82) is 0 Å².